The quantitative estimate of drug-likeness (QED) is 0.849. The highest BCUT2D eigenvalue weighted by molar-refractivity contribution is 4.93. The Labute approximate surface area is 104 Å². The molecule has 4 nitrogen and oxygen atoms in total. The van der Waals surface area contributed by atoms with Gasteiger partial charge in [-0.25, -0.2) is 4.98 Å². The molecule has 0 saturated carbocycles. The molecule has 2 unspecified atom stereocenters. The molecule has 96 valence electrons. The normalized spacial score (nSPS) is 26.3. The predicted octanol–water partition coefficient (Wildman–Crippen LogP) is 1.02. The lowest BCUT2D eigenvalue weighted by Crippen LogP contribution is -2.47. The van der Waals surface area contributed by atoms with Gasteiger partial charge in [-0.1, -0.05) is 6.92 Å². The number of nitrogens with zero attached hydrogens (tertiary/aromatic N) is 3. The molecular formula is C13H24N4. The molecule has 0 bridgehead atoms. The van der Waals surface area contributed by atoms with Crippen molar-refractivity contribution >= 4 is 0 Å². The smallest absolute Gasteiger partial charge is 0.109 e. The molecule has 2 N–H and O–H groups in total. The fourth-order valence-corrected chi connectivity index (χ4v) is 2.72. The Hall–Kier alpha value is -0.870. The minimum absolute atomic E-state index is 0.569. The molecule has 2 atom stereocenters. The maximum Gasteiger partial charge on any atom is 0.109 e. The number of hydrogen-bond acceptors (Lipinski definition) is 3. The SMILES string of the molecule is CC1CCN(CCc2nccn2C)C(CN)C1. The Balaban J connectivity index is 1.87. The standard InChI is InChI=1S/C13H24N4/c1-11-3-6-17(12(9-11)10-14)7-4-13-15-5-8-16(13)2/h5,8,11-12H,3-4,6-7,9-10,14H2,1-2H3. The molecule has 1 aromatic heterocycles. The van der Waals surface area contributed by atoms with Gasteiger partial charge in [0.05, 0.1) is 0 Å². The maximum absolute atomic E-state index is 5.87. The first-order chi connectivity index (χ1) is 8.20. The number of hydrogen-bond donors (Lipinski definition) is 1. The van der Waals surface area contributed by atoms with Crippen LogP contribution in [0.3, 0.4) is 0 Å². The third kappa shape index (κ3) is 3.07. The van der Waals surface area contributed by atoms with Gasteiger partial charge in [0.15, 0.2) is 0 Å². The van der Waals surface area contributed by atoms with Gasteiger partial charge in [0, 0.05) is 45.0 Å². The molecule has 0 aliphatic carbocycles. The molecule has 1 aromatic rings. The maximum atomic E-state index is 5.87. The van der Waals surface area contributed by atoms with Crippen molar-refractivity contribution in [3.63, 3.8) is 0 Å². The summed E-state index contributed by atoms with van der Waals surface area (Å²) in [5, 5.41) is 0. The molecule has 1 saturated heterocycles. The van der Waals surface area contributed by atoms with E-state index in [9.17, 15) is 0 Å². The summed E-state index contributed by atoms with van der Waals surface area (Å²) in [6.45, 7) is 5.39. The van der Waals surface area contributed by atoms with Gasteiger partial charge < -0.3 is 10.3 Å². The van der Waals surface area contributed by atoms with E-state index in [1.165, 1.54) is 25.2 Å². The lowest BCUT2D eigenvalue weighted by Gasteiger charge is -2.37. The van der Waals surface area contributed by atoms with E-state index in [1.54, 1.807) is 0 Å². The van der Waals surface area contributed by atoms with Gasteiger partial charge in [-0.3, -0.25) is 4.90 Å². The molecule has 2 heterocycles. The first kappa shape index (κ1) is 12.6. The van der Waals surface area contributed by atoms with Gasteiger partial charge in [0.2, 0.25) is 0 Å². The number of aromatic nitrogens is 2. The fraction of sp³-hybridized carbons (Fsp3) is 0.769. The molecule has 1 aliphatic rings. The van der Waals surface area contributed by atoms with Crippen molar-refractivity contribution in [3.8, 4) is 0 Å². The summed E-state index contributed by atoms with van der Waals surface area (Å²) in [6.07, 6.45) is 7.45. The van der Waals surface area contributed by atoms with Gasteiger partial charge >= 0.3 is 0 Å². The minimum atomic E-state index is 0.569. The van der Waals surface area contributed by atoms with E-state index in [2.05, 4.69) is 28.4 Å². The van der Waals surface area contributed by atoms with E-state index in [4.69, 9.17) is 5.73 Å². The minimum Gasteiger partial charge on any atom is -0.338 e. The van der Waals surface area contributed by atoms with Gasteiger partial charge in [-0.05, 0) is 25.3 Å². The molecule has 17 heavy (non-hydrogen) atoms. The second-order valence-corrected chi connectivity index (χ2v) is 5.26. The van der Waals surface area contributed by atoms with Crippen molar-refractivity contribution in [3.05, 3.63) is 18.2 Å². The molecule has 4 heteroatoms. The first-order valence-electron chi connectivity index (χ1n) is 6.61. The highest BCUT2D eigenvalue weighted by Gasteiger charge is 2.24. The van der Waals surface area contributed by atoms with Crippen LogP contribution >= 0.6 is 0 Å². The van der Waals surface area contributed by atoms with Crippen molar-refractivity contribution in [1.82, 2.24) is 14.5 Å². The summed E-state index contributed by atoms with van der Waals surface area (Å²) < 4.78 is 2.10. The number of nitrogens with two attached hydrogens (primary N) is 1. The Morgan fingerprint density at radius 1 is 1.53 bits per heavy atom. The summed E-state index contributed by atoms with van der Waals surface area (Å²) in [7, 11) is 2.06. The van der Waals surface area contributed by atoms with Crippen LogP contribution in [0.5, 0.6) is 0 Å². The van der Waals surface area contributed by atoms with E-state index >= 15 is 0 Å². The molecule has 0 spiro atoms. The zero-order valence-corrected chi connectivity index (χ0v) is 11.0. The van der Waals surface area contributed by atoms with E-state index in [0.717, 1.165) is 25.4 Å². The summed E-state index contributed by atoms with van der Waals surface area (Å²) in [4.78, 5) is 6.91. The summed E-state index contributed by atoms with van der Waals surface area (Å²) in [5.74, 6) is 1.99. The first-order valence-corrected chi connectivity index (χ1v) is 6.61. The lowest BCUT2D eigenvalue weighted by atomic mass is 9.92. The van der Waals surface area contributed by atoms with Gasteiger partial charge in [-0.2, -0.15) is 0 Å². The lowest BCUT2D eigenvalue weighted by molar-refractivity contribution is 0.123. The predicted molar refractivity (Wildman–Crippen MR) is 69.7 cm³/mol. The molecule has 1 fully saturated rings. The third-order valence-corrected chi connectivity index (χ3v) is 3.92. The topological polar surface area (TPSA) is 47.1 Å². The van der Waals surface area contributed by atoms with E-state index in [-0.39, 0.29) is 0 Å². The fourth-order valence-electron chi connectivity index (χ4n) is 2.72. The van der Waals surface area contributed by atoms with E-state index in [1.807, 2.05) is 12.4 Å². The number of likely N-dealkylation sites (tertiary alicyclic amines) is 1. The molecule has 0 amide bonds. The number of piperidine rings is 1. The summed E-state index contributed by atoms with van der Waals surface area (Å²) in [6, 6.07) is 0.569. The number of imidazole rings is 1. The van der Waals surface area contributed by atoms with Crippen LogP contribution in [-0.4, -0.2) is 40.1 Å². The molecule has 0 aromatic carbocycles. The average Bonchev–Trinajstić information content (AvgIpc) is 2.73. The zero-order chi connectivity index (χ0) is 12.3. The van der Waals surface area contributed by atoms with Crippen molar-refractivity contribution < 1.29 is 0 Å². The second kappa shape index (κ2) is 5.65. The van der Waals surface area contributed by atoms with Crippen molar-refractivity contribution in [2.75, 3.05) is 19.6 Å². The Morgan fingerprint density at radius 2 is 2.35 bits per heavy atom. The monoisotopic (exact) mass is 236 g/mol. The van der Waals surface area contributed by atoms with Crippen molar-refractivity contribution in [1.29, 1.82) is 0 Å². The Bertz CT molecular complexity index is 347. The van der Waals surface area contributed by atoms with Gasteiger partial charge in [0.1, 0.15) is 5.82 Å². The van der Waals surface area contributed by atoms with Crippen LogP contribution in [0.15, 0.2) is 12.4 Å². The van der Waals surface area contributed by atoms with Crippen molar-refractivity contribution in [2.24, 2.45) is 18.7 Å². The highest BCUT2D eigenvalue weighted by Crippen LogP contribution is 2.21. The van der Waals surface area contributed by atoms with Gasteiger partial charge in [0.25, 0.3) is 0 Å². The molecule has 0 radical (unpaired) electrons. The van der Waals surface area contributed by atoms with E-state index in [0.29, 0.717) is 6.04 Å². The van der Waals surface area contributed by atoms with Crippen LogP contribution in [0.1, 0.15) is 25.6 Å². The largest absolute Gasteiger partial charge is 0.338 e. The van der Waals surface area contributed by atoms with Crippen LogP contribution in [0.2, 0.25) is 0 Å². The Kier molecular flexibility index (Phi) is 4.18. The van der Waals surface area contributed by atoms with Gasteiger partial charge in [-0.15, -0.1) is 0 Å². The van der Waals surface area contributed by atoms with E-state index < -0.39 is 0 Å². The molecular weight excluding hydrogens is 212 g/mol. The third-order valence-electron chi connectivity index (χ3n) is 3.92. The summed E-state index contributed by atoms with van der Waals surface area (Å²) >= 11 is 0. The molecule has 1 aliphatic heterocycles. The number of rotatable bonds is 4. The van der Waals surface area contributed by atoms with Crippen LogP contribution in [0, 0.1) is 5.92 Å². The van der Waals surface area contributed by atoms with Crippen LogP contribution in [0.25, 0.3) is 0 Å². The summed E-state index contributed by atoms with van der Waals surface area (Å²) in [5.41, 5.74) is 5.87. The zero-order valence-electron chi connectivity index (χ0n) is 11.0. The van der Waals surface area contributed by atoms with Crippen LogP contribution in [-0.2, 0) is 13.5 Å². The molecule has 2 rings (SSSR count). The average molecular weight is 236 g/mol. The van der Waals surface area contributed by atoms with Crippen LogP contribution in [0.4, 0.5) is 0 Å². The number of aryl methyl sites for hydroxylation is 1. The Morgan fingerprint density at radius 3 is 3.00 bits per heavy atom. The van der Waals surface area contributed by atoms with Crippen molar-refractivity contribution in [2.45, 2.75) is 32.2 Å². The highest BCUT2D eigenvalue weighted by atomic mass is 15.2. The van der Waals surface area contributed by atoms with Crippen LogP contribution < -0.4 is 5.73 Å². The second-order valence-electron chi connectivity index (χ2n) is 5.26.